The molecule has 0 fully saturated rings. The van der Waals surface area contributed by atoms with Gasteiger partial charge in [-0.15, -0.1) is 0 Å². The number of rotatable bonds is 1. The summed E-state index contributed by atoms with van der Waals surface area (Å²) in [4.78, 5) is 14.7. The molecular weight excluding hydrogens is 387 g/mol. The zero-order valence-electron chi connectivity index (χ0n) is 16.4. The lowest BCUT2D eigenvalue weighted by molar-refractivity contribution is 0.182. The Bertz CT molecular complexity index is 1190. The molecule has 1 unspecified atom stereocenters. The van der Waals surface area contributed by atoms with Gasteiger partial charge < -0.3 is 14.7 Å². The molecule has 3 aromatic rings. The Hall–Kier alpha value is -3.67. The van der Waals surface area contributed by atoms with E-state index >= 15 is 0 Å². The predicted octanol–water partition coefficient (Wildman–Crippen LogP) is 3.47. The lowest BCUT2D eigenvalue weighted by Crippen LogP contribution is -2.44. The van der Waals surface area contributed by atoms with Gasteiger partial charge in [-0.1, -0.05) is 5.16 Å². The third-order valence-electron chi connectivity index (χ3n) is 5.77. The number of aryl methyl sites for hydroxylation is 2. The van der Waals surface area contributed by atoms with Crippen LogP contribution in [0.25, 0.3) is 11.4 Å². The number of nitrogens with zero attached hydrogens (tertiary/aromatic N) is 5. The minimum absolute atomic E-state index is 0.0655. The first kappa shape index (κ1) is 18.4. The van der Waals surface area contributed by atoms with Crippen molar-refractivity contribution in [3.05, 3.63) is 52.7 Å². The van der Waals surface area contributed by atoms with Gasteiger partial charge >= 0.3 is 6.03 Å². The predicted molar refractivity (Wildman–Crippen MR) is 105 cm³/mol. The summed E-state index contributed by atoms with van der Waals surface area (Å²) in [5.41, 5.74) is 5.01. The van der Waals surface area contributed by atoms with Crippen molar-refractivity contribution in [3.63, 3.8) is 0 Å². The lowest BCUT2D eigenvalue weighted by atomic mass is 9.98. The minimum atomic E-state index is -0.613. The van der Waals surface area contributed by atoms with Gasteiger partial charge in [0.15, 0.2) is 0 Å². The average Bonchev–Trinajstić information content (AvgIpc) is 3.28. The standard InChI is InChI=1S/C21H19FN6O2/c1-12-7-18-16(20-19-13(11-30-26-19)3-2-6-28(20)25-18)10-27(12)21(29)24-15-4-5-17(22)14(8-15)9-23/h4-5,8,11-12H,2-3,6-7,10H2,1H3,(H,24,29). The second-order valence-electron chi connectivity index (χ2n) is 7.71. The largest absolute Gasteiger partial charge is 0.364 e. The number of carbonyl (C=O) groups excluding carboxylic acids is 1. The zero-order chi connectivity index (χ0) is 20.8. The SMILES string of the molecule is CC1Cc2nn3c(c2CN1C(=O)Nc1ccc(F)c(C#N)c1)-c1nocc1CCC3. The summed E-state index contributed by atoms with van der Waals surface area (Å²) < 4.78 is 20.8. The number of fused-ring (bicyclic) bond motifs is 5. The Kier molecular flexibility index (Phi) is 4.28. The average molecular weight is 406 g/mol. The highest BCUT2D eigenvalue weighted by molar-refractivity contribution is 5.90. The molecule has 1 atom stereocenters. The summed E-state index contributed by atoms with van der Waals surface area (Å²) in [5, 5.41) is 20.8. The van der Waals surface area contributed by atoms with Crippen LogP contribution in [0.1, 0.15) is 35.7 Å². The fourth-order valence-electron chi connectivity index (χ4n) is 4.23. The van der Waals surface area contributed by atoms with Crippen molar-refractivity contribution in [1.82, 2.24) is 19.8 Å². The van der Waals surface area contributed by atoms with Gasteiger partial charge in [0.05, 0.1) is 23.5 Å². The fraction of sp³-hybridized carbons (Fsp3) is 0.333. The second-order valence-corrected chi connectivity index (χ2v) is 7.71. The highest BCUT2D eigenvalue weighted by Gasteiger charge is 2.34. The van der Waals surface area contributed by atoms with Gasteiger partial charge in [0, 0.05) is 35.8 Å². The normalized spacial score (nSPS) is 17.4. The quantitative estimate of drug-likeness (QED) is 0.667. The molecule has 8 nitrogen and oxygen atoms in total. The molecule has 4 heterocycles. The van der Waals surface area contributed by atoms with Gasteiger partial charge in [0.2, 0.25) is 0 Å². The molecule has 0 saturated heterocycles. The minimum Gasteiger partial charge on any atom is -0.364 e. The first-order valence-corrected chi connectivity index (χ1v) is 9.84. The van der Waals surface area contributed by atoms with Gasteiger partial charge in [-0.05, 0) is 38.0 Å². The number of nitrogens with one attached hydrogen (secondary N) is 1. The summed E-state index contributed by atoms with van der Waals surface area (Å²) in [6.45, 7) is 3.15. The van der Waals surface area contributed by atoms with Crippen molar-refractivity contribution in [1.29, 1.82) is 5.26 Å². The fourth-order valence-corrected chi connectivity index (χ4v) is 4.23. The Labute approximate surface area is 171 Å². The van der Waals surface area contributed by atoms with Crippen molar-refractivity contribution in [2.75, 3.05) is 5.32 Å². The molecule has 0 bridgehead atoms. The number of anilines is 1. The third-order valence-corrected chi connectivity index (χ3v) is 5.77. The molecule has 2 aliphatic heterocycles. The number of hydrogen-bond donors (Lipinski definition) is 1. The van der Waals surface area contributed by atoms with Gasteiger partial charge in [0.25, 0.3) is 0 Å². The van der Waals surface area contributed by atoms with Crippen LogP contribution in [0.3, 0.4) is 0 Å². The van der Waals surface area contributed by atoms with Crippen LogP contribution in [-0.2, 0) is 25.9 Å². The molecule has 152 valence electrons. The van der Waals surface area contributed by atoms with Gasteiger partial charge in [-0.25, -0.2) is 9.18 Å². The van der Waals surface area contributed by atoms with E-state index in [1.807, 2.05) is 11.6 Å². The molecule has 30 heavy (non-hydrogen) atoms. The maximum absolute atomic E-state index is 13.6. The lowest BCUT2D eigenvalue weighted by Gasteiger charge is -2.33. The molecule has 5 rings (SSSR count). The van der Waals surface area contributed by atoms with Crippen molar-refractivity contribution in [3.8, 4) is 17.5 Å². The highest BCUT2D eigenvalue weighted by atomic mass is 19.1. The Balaban J connectivity index is 1.45. The summed E-state index contributed by atoms with van der Waals surface area (Å²) in [6, 6.07) is 5.37. The van der Waals surface area contributed by atoms with Gasteiger partial charge in [-0.3, -0.25) is 4.68 Å². The zero-order valence-corrected chi connectivity index (χ0v) is 16.4. The Morgan fingerprint density at radius 1 is 1.43 bits per heavy atom. The highest BCUT2D eigenvalue weighted by Crippen LogP contribution is 2.36. The summed E-state index contributed by atoms with van der Waals surface area (Å²) in [6.07, 6.45) is 4.14. The molecule has 9 heteroatoms. The number of benzene rings is 1. The van der Waals surface area contributed by atoms with E-state index in [1.165, 1.54) is 18.2 Å². The summed E-state index contributed by atoms with van der Waals surface area (Å²) in [5.74, 6) is -0.613. The van der Waals surface area contributed by atoms with Crippen LogP contribution in [0.2, 0.25) is 0 Å². The third kappa shape index (κ3) is 2.92. The van der Waals surface area contributed by atoms with Gasteiger partial charge in [0.1, 0.15) is 23.8 Å². The number of aromatic nitrogens is 3. The first-order chi connectivity index (χ1) is 14.5. The summed E-state index contributed by atoms with van der Waals surface area (Å²) >= 11 is 0. The van der Waals surface area contributed by atoms with E-state index in [2.05, 4.69) is 10.5 Å². The van der Waals surface area contributed by atoms with Crippen LogP contribution < -0.4 is 5.32 Å². The van der Waals surface area contributed by atoms with Crippen LogP contribution in [-0.4, -0.2) is 31.9 Å². The van der Waals surface area contributed by atoms with Gasteiger partial charge in [-0.2, -0.15) is 10.4 Å². The van der Waals surface area contributed by atoms with Crippen molar-refractivity contribution in [2.45, 2.75) is 45.3 Å². The number of urea groups is 1. The molecule has 2 aromatic heterocycles. The topological polar surface area (TPSA) is 100.0 Å². The molecule has 0 aliphatic carbocycles. The number of amides is 2. The Morgan fingerprint density at radius 2 is 2.30 bits per heavy atom. The molecule has 1 N–H and O–H groups in total. The van der Waals surface area contributed by atoms with E-state index < -0.39 is 5.82 Å². The van der Waals surface area contributed by atoms with E-state index in [-0.39, 0.29) is 17.6 Å². The van der Waals surface area contributed by atoms with Crippen LogP contribution in [0.5, 0.6) is 0 Å². The number of nitriles is 1. The van der Waals surface area contributed by atoms with Crippen molar-refractivity contribution < 1.29 is 13.7 Å². The van der Waals surface area contributed by atoms with Crippen LogP contribution in [0, 0.1) is 17.1 Å². The number of halogens is 1. The van der Waals surface area contributed by atoms with E-state index in [9.17, 15) is 9.18 Å². The molecule has 0 spiro atoms. The van der Waals surface area contributed by atoms with E-state index in [4.69, 9.17) is 14.9 Å². The molecule has 1 aromatic carbocycles. The molecular formula is C21H19FN6O2. The first-order valence-electron chi connectivity index (χ1n) is 9.84. The number of carbonyl (C=O) groups is 1. The second kappa shape index (κ2) is 6.99. The van der Waals surface area contributed by atoms with Crippen LogP contribution in [0.4, 0.5) is 14.9 Å². The molecule has 0 radical (unpaired) electrons. The maximum Gasteiger partial charge on any atom is 0.322 e. The van der Waals surface area contributed by atoms with Crippen molar-refractivity contribution in [2.24, 2.45) is 0 Å². The molecule has 2 amide bonds. The molecule has 0 saturated carbocycles. The summed E-state index contributed by atoms with van der Waals surface area (Å²) in [7, 11) is 0. The van der Waals surface area contributed by atoms with Crippen LogP contribution in [0.15, 0.2) is 29.0 Å². The smallest absolute Gasteiger partial charge is 0.322 e. The van der Waals surface area contributed by atoms with E-state index in [1.54, 1.807) is 17.2 Å². The van der Waals surface area contributed by atoms with E-state index in [0.717, 1.165) is 47.6 Å². The maximum atomic E-state index is 13.6. The van der Waals surface area contributed by atoms with Crippen LogP contribution >= 0.6 is 0 Å². The monoisotopic (exact) mass is 406 g/mol. The van der Waals surface area contributed by atoms with Crippen molar-refractivity contribution >= 4 is 11.7 Å². The number of hydrogen-bond acceptors (Lipinski definition) is 5. The van der Waals surface area contributed by atoms with E-state index in [0.29, 0.717) is 18.7 Å². The Morgan fingerprint density at radius 3 is 3.13 bits per heavy atom. The molecule has 2 aliphatic rings.